The topological polar surface area (TPSA) is 50.7 Å². The van der Waals surface area contributed by atoms with Crippen molar-refractivity contribution in [3.05, 3.63) is 28.5 Å². The Kier molecular flexibility index (Phi) is 3.81. The molecule has 1 saturated carbocycles. The third-order valence-corrected chi connectivity index (χ3v) is 4.40. The molecular formula is C15H20N4S. The average molecular weight is 288 g/mol. The Hall–Kier alpha value is -1.33. The van der Waals surface area contributed by atoms with Gasteiger partial charge in [0.05, 0.1) is 5.69 Å². The molecule has 1 N–H and O–H groups in total. The molecule has 1 aliphatic carbocycles. The van der Waals surface area contributed by atoms with E-state index >= 15 is 0 Å². The molecule has 2 aromatic rings. The summed E-state index contributed by atoms with van der Waals surface area (Å²) in [5.41, 5.74) is 2.34. The van der Waals surface area contributed by atoms with Crippen LogP contribution in [0.25, 0.3) is 10.8 Å². The minimum atomic E-state index is 0.489. The van der Waals surface area contributed by atoms with Gasteiger partial charge in [-0.15, -0.1) is 11.3 Å². The standard InChI is InChI=1S/C15H20N4S/c1-9(2)16-8-12-13(11-4-5-11)19-15(20-12)14-17-6-10(3)7-18-14/h6-7,9,11,16H,4-5,8H2,1-3H3. The summed E-state index contributed by atoms with van der Waals surface area (Å²) in [6.07, 6.45) is 6.25. The molecule has 106 valence electrons. The molecule has 1 aliphatic rings. The van der Waals surface area contributed by atoms with Crippen molar-refractivity contribution in [1.29, 1.82) is 0 Å². The third kappa shape index (κ3) is 3.04. The molecule has 0 aliphatic heterocycles. The van der Waals surface area contributed by atoms with Crippen molar-refractivity contribution in [3.8, 4) is 10.8 Å². The van der Waals surface area contributed by atoms with E-state index in [1.54, 1.807) is 11.3 Å². The molecule has 0 saturated heterocycles. The smallest absolute Gasteiger partial charge is 0.188 e. The molecule has 5 heteroatoms. The van der Waals surface area contributed by atoms with Crippen molar-refractivity contribution in [3.63, 3.8) is 0 Å². The molecule has 2 heterocycles. The van der Waals surface area contributed by atoms with Gasteiger partial charge in [-0.2, -0.15) is 0 Å². The number of hydrogen-bond donors (Lipinski definition) is 1. The van der Waals surface area contributed by atoms with Gasteiger partial charge < -0.3 is 5.32 Å². The predicted molar refractivity (Wildman–Crippen MR) is 81.8 cm³/mol. The van der Waals surface area contributed by atoms with Crippen LogP contribution in [-0.2, 0) is 6.54 Å². The number of hydrogen-bond acceptors (Lipinski definition) is 5. The van der Waals surface area contributed by atoms with Crippen LogP contribution >= 0.6 is 11.3 Å². The van der Waals surface area contributed by atoms with Crippen molar-refractivity contribution in [2.24, 2.45) is 0 Å². The molecule has 4 nitrogen and oxygen atoms in total. The molecule has 0 aromatic carbocycles. The number of thiazole rings is 1. The van der Waals surface area contributed by atoms with Gasteiger partial charge >= 0.3 is 0 Å². The first-order valence-electron chi connectivity index (χ1n) is 7.15. The lowest BCUT2D eigenvalue weighted by molar-refractivity contribution is 0.590. The van der Waals surface area contributed by atoms with Crippen molar-refractivity contribution < 1.29 is 0 Å². The number of nitrogens with one attached hydrogen (secondary N) is 1. The Morgan fingerprint density at radius 3 is 2.60 bits per heavy atom. The van der Waals surface area contributed by atoms with Crippen molar-refractivity contribution in [1.82, 2.24) is 20.3 Å². The summed E-state index contributed by atoms with van der Waals surface area (Å²) in [7, 11) is 0. The SMILES string of the molecule is Cc1cnc(-c2nc(C3CC3)c(CNC(C)C)s2)nc1. The number of rotatable bonds is 5. The monoisotopic (exact) mass is 288 g/mol. The van der Waals surface area contributed by atoms with Gasteiger partial charge in [-0.3, -0.25) is 0 Å². The third-order valence-electron chi connectivity index (χ3n) is 3.33. The molecule has 0 atom stereocenters. The maximum atomic E-state index is 4.80. The minimum Gasteiger partial charge on any atom is -0.310 e. The summed E-state index contributed by atoms with van der Waals surface area (Å²) in [5.74, 6) is 1.41. The molecule has 1 fully saturated rings. The zero-order valence-corrected chi connectivity index (χ0v) is 13.0. The summed E-state index contributed by atoms with van der Waals surface area (Å²) in [6.45, 7) is 7.23. The Labute approximate surface area is 123 Å². The van der Waals surface area contributed by atoms with Gasteiger partial charge in [-0.1, -0.05) is 13.8 Å². The summed E-state index contributed by atoms with van der Waals surface area (Å²) >= 11 is 1.73. The second-order valence-corrected chi connectivity index (χ2v) is 6.80. The molecule has 0 bridgehead atoms. The van der Waals surface area contributed by atoms with Crippen LogP contribution in [0.15, 0.2) is 12.4 Å². The highest BCUT2D eigenvalue weighted by Gasteiger charge is 2.30. The first kappa shape index (κ1) is 13.6. The largest absolute Gasteiger partial charge is 0.310 e. The zero-order chi connectivity index (χ0) is 14.1. The van der Waals surface area contributed by atoms with Crippen LogP contribution in [0, 0.1) is 6.92 Å². The highest BCUT2D eigenvalue weighted by Crippen LogP contribution is 2.43. The first-order chi connectivity index (χ1) is 9.63. The first-order valence-corrected chi connectivity index (χ1v) is 7.97. The Morgan fingerprint density at radius 1 is 1.30 bits per heavy atom. The van der Waals surface area contributed by atoms with Gasteiger partial charge in [-0.25, -0.2) is 15.0 Å². The van der Waals surface area contributed by atoms with E-state index in [1.807, 2.05) is 19.3 Å². The average Bonchev–Trinajstić information content (AvgIpc) is 3.18. The highest BCUT2D eigenvalue weighted by atomic mass is 32.1. The molecule has 20 heavy (non-hydrogen) atoms. The van der Waals surface area contributed by atoms with Crippen LogP contribution in [0.3, 0.4) is 0 Å². The van der Waals surface area contributed by atoms with Crippen LogP contribution in [0.5, 0.6) is 0 Å². The Balaban J connectivity index is 1.88. The number of aryl methyl sites for hydroxylation is 1. The van der Waals surface area contributed by atoms with E-state index in [2.05, 4.69) is 29.1 Å². The fourth-order valence-corrected chi connectivity index (χ4v) is 3.11. The van der Waals surface area contributed by atoms with E-state index < -0.39 is 0 Å². The van der Waals surface area contributed by atoms with E-state index in [0.29, 0.717) is 12.0 Å². The van der Waals surface area contributed by atoms with E-state index in [4.69, 9.17) is 4.98 Å². The lowest BCUT2D eigenvalue weighted by Gasteiger charge is -2.06. The lowest BCUT2D eigenvalue weighted by atomic mass is 10.2. The second kappa shape index (κ2) is 5.58. The molecule has 0 radical (unpaired) electrons. The molecule has 2 aromatic heterocycles. The van der Waals surface area contributed by atoms with E-state index in [0.717, 1.165) is 22.9 Å². The Bertz CT molecular complexity index is 584. The van der Waals surface area contributed by atoms with Crippen molar-refractivity contribution in [2.75, 3.05) is 0 Å². The zero-order valence-electron chi connectivity index (χ0n) is 12.2. The fourth-order valence-electron chi connectivity index (χ4n) is 2.06. The summed E-state index contributed by atoms with van der Waals surface area (Å²) in [4.78, 5) is 14.9. The van der Waals surface area contributed by atoms with Crippen molar-refractivity contribution in [2.45, 2.75) is 52.1 Å². The maximum absolute atomic E-state index is 4.80. The van der Waals surface area contributed by atoms with E-state index in [-0.39, 0.29) is 0 Å². The Morgan fingerprint density at radius 2 is 2.00 bits per heavy atom. The highest BCUT2D eigenvalue weighted by molar-refractivity contribution is 7.15. The van der Waals surface area contributed by atoms with Crippen LogP contribution in [0.4, 0.5) is 0 Å². The van der Waals surface area contributed by atoms with Crippen LogP contribution in [0.1, 0.15) is 48.7 Å². The van der Waals surface area contributed by atoms with Crippen LogP contribution < -0.4 is 5.32 Å². The number of nitrogens with zero attached hydrogens (tertiary/aromatic N) is 3. The van der Waals surface area contributed by atoms with Crippen LogP contribution in [0.2, 0.25) is 0 Å². The summed E-state index contributed by atoms with van der Waals surface area (Å²) < 4.78 is 0. The van der Waals surface area contributed by atoms with E-state index in [9.17, 15) is 0 Å². The molecule has 3 rings (SSSR count). The van der Waals surface area contributed by atoms with Gasteiger partial charge in [0.2, 0.25) is 0 Å². The molecule has 0 spiro atoms. The van der Waals surface area contributed by atoms with Gasteiger partial charge in [-0.05, 0) is 25.3 Å². The molecule has 0 unspecified atom stereocenters. The second-order valence-electron chi connectivity index (χ2n) is 5.72. The van der Waals surface area contributed by atoms with Crippen LogP contribution in [-0.4, -0.2) is 21.0 Å². The fraction of sp³-hybridized carbons (Fsp3) is 0.533. The lowest BCUT2D eigenvalue weighted by Crippen LogP contribution is -2.21. The normalized spacial score (nSPS) is 15.0. The summed E-state index contributed by atoms with van der Waals surface area (Å²) in [5, 5.41) is 4.44. The van der Waals surface area contributed by atoms with Gasteiger partial charge in [0.1, 0.15) is 0 Å². The van der Waals surface area contributed by atoms with Gasteiger partial charge in [0, 0.05) is 35.8 Å². The maximum Gasteiger partial charge on any atom is 0.188 e. The quantitative estimate of drug-likeness (QED) is 0.917. The molecule has 0 amide bonds. The number of aromatic nitrogens is 3. The van der Waals surface area contributed by atoms with Gasteiger partial charge in [0.25, 0.3) is 0 Å². The van der Waals surface area contributed by atoms with Gasteiger partial charge in [0.15, 0.2) is 10.8 Å². The van der Waals surface area contributed by atoms with E-state index in [1.165, 1.54) is 23.4 Å². The summed E-state index contributed by atoms with van der Waals surface area (Å²) in [6, 6.07) is 0.489. The van der Waals surface area contributed by atoms with Crippen molar-refractivity contribution >= 4 is 11.3 Å². The minimum absolute atomic E-state index is 0.489. The predicted octanol–water partition coefficient (Wildman–Crippen LogP) is 3.28. The molecular weight excluding hydrogens is 268 g/mol.